The molecule has 2 aromatic rings. The molecule has 5 rings (SSSR count). The smallest absolute Gasteiger partial charge is 0.324 e. The molecule has 0 unspecified atom stereocenters. The minimum atomic E-state index is -4.69. The van der Waals surface area contributed by atoms with Crippen molar-refractivity contribution < 1.29 is 27.6 Å². The number of anilines is 2. The number of imide groups is 1. The summed E-state index contributed by atoms with van der Waals surface area (Å²) in [7, 11) is 0. The van der Waals surface area contributed by atoms with Gasteiger partial charge >= 0.3 is 6.18 Å². The normalized spacial score (nSPS) is 28.6. The van der Waals surface area contributed by atoms with Gasteiger partial charge in [0.25, 0.3) is 0 Å². The van der Waals surface area contributed by atoms with Gasteiger partial charge in [0.15, 0.2) is 0 Å². The fourth-order valence-corrected chi connectivity index (χ4v) is 5.56. The molecular weight excluding hydrogens is 459 g/mol. The van der Waals surface area contributed by atoms with Crippen LogP contribution in [0.4, 0.5) is 24.5 Å². The standard InChI is InChI=1S/C23H19ClF3N3O3/c1-10(2)18-16-17(22(29-18)12-5-3-4-6-14(12)28-21(22)33)20(32)30(19(16)31)15-9-11(23(25,26)27)7-8-13(15)24/h3-10,16-18,29H,1-2H3,(H,28,33)/t16-,17-,18-,22-/m0/s1. The molecule has 0 bridgehead atoms. The number of para-hydroxylation sites is 1. The van der Waals surface area contributed by atoms with Gasteiger partial charge in [0.1, 0.15) is 5.54 Å². The maximum Gasteiger partial charge on any atom is 0.416 e. The van der Waals surface area contributed by atoms with Crippen LogP contribution in [-0.2, 0) is 26.1 Å². The molecule has 0 aromatic heterocycles. The summed E-state index contributed by atoms with van der Waals surface area (Å²) in [6.45, 7) is 3.70. The Bertz CT molecular complexity index is 1210. The Morgan fingerprint density at radius 3 is 2.42 bits per heavy atom. The molecule has 3 heterocycles. The lowest BCUT2D eigenvalue weighted by Crippen LogP contribution is -2.54. The second-order valence-electron chi connectivity index (χ2n) is 8.90. The highest BCUT2D eigenvalue weighted by Gasteiger charge is 2.71. The number of alkyl halides is 3. The first-order valence-corrected chi connectivity index (χ1v) is 10.8. The van der Waals surface area contributed by atoms with E-state index < -0.39 is 52.9 Å². The van der Waals surface area contributed by atoms with Crippen molar-refractivity contribution in [2.24, 2.45) is 17.8 Å². The molecule has 10 heteroatoms. The Morgan fingerprint density at radius 1 is 1.06 bits per heavy atom. The summed E-state index contributed by atoms with van der Waals surface area (Å²) < 4.78 is 40.0. The molecule has 2 N–H and O–H groups in total. The molecule has 2 fully saturated rings. The van der Waals surface area contributed by atoms with Crippen molar-refractivity contribution in [3.8, 4) is 0 Å². The zero-order valence-corrected chi connectivity index (χ0v) is 18.3. The number of halogens is 4. The second-order valence-corrected chi connectivity index (χ2v) is 9.31. The highest BCUT2D eigenvalue weighted by Crippen LogP contribution is 2.55. The number of carbonyl (C=O) groups is 3. The van der Waals surface area contributed by atoms with E-state index in [2.05, 4.69) is 10.6 Å². The van der Waals surface area contributed by atoms with Crippen molar-refractivity contribution in [2.75, 3.05) is 10.2 Å². The monoisotopic (exact) mass is 477 g/mol. The molecule has 3 aliphatic heterocycles. The van der Waals surface area contributed by atoms with Crippen molar-refractivity contribution in [3.05, 3.63) is 58.6 Å². The van der Waals surface area contributed by atoms with Gasteiger partial charge in [0.05, 0.1) is 28.1 Å². The fraction of sp³-hybridized carbons (Fsp3) is 0.348. The summed E-state index contributed by atoms with van der Waals surface area (Å²) in [5.74, 6) is -4.13. The van der Waals surface area contributed by atoms with Gasteiger partial charge in [-0.05, 0) is 30.2 Å². The lowest BCUT2D eigenvalue weighted by atomic mass is 9.76. The molecule has 3 amide bonds. The van der Waals surface area contributed by atoms with Crippen LogP contribution >= 0.6 is 11.6 Å². The predicted molar refractivity (Wildman–Crippen MR) is 114 cm³/mol. The van der Waals surface area contributed by atoms with Gasteiger partial charge in [-0.2, -0.15) is 13.2 Å². The van der Waals surface area contributed by atoms with Crippen LogP contribution < -0.4 is 15.5 Å². The summed E-state index contributed by atoms with van der Waals surface area (Å²) in [5.41, 5.74) is -1.82. The third-order valence-corrected chi connectivity index (χ3v) is 7.11. The number of carbonyl (C=O) groups excluding carboxylic acids is 3. The molecule has 0 radical (unpaired) electrons. The quantitative estimate of drug-likeness (QED) is 0.642. The Labute approximate surface area is 192 Å². The number of amides is 3. The van der Waals surface area contributed by atoms with E-state index in [-0.39, 0.29) is 16.6 Å². The summed E-state index contributed by atoms with van der Waals surface area (Å²) in [4.78, 5) is 41.3. The predicted octanol–water partition coefficient (Wildman–Crippen LogP) is 3.94. The van der Waals surface area contributed by atoms with Crippen LogP contribution in [-0.4, -0.2) is 23.8 Å². The Hall–Kier alpha value is -2.91. The van der Waals surface area contributed by atoms with Crippen molar-refractivity contribution in [3.63, 3.8) is 0 Å². The van der Waals surface area contributed by atoms with Gasteiger partial charge in [-0.15, -0.1) is 0 Å². The first-order chi connectivity index (χ1) is 15.5. The zero-order chi connectivity index (χ0) is 23.9. The molecule has 4 atom stereocenters. The van der Waals surface area contributed by atoms with Gasteiger partial charge in [0.2, 0.25) is 17.7 Å². The molecule has 33 heavy (non-hydrogen) atoms. The summed E-state index contributed by atoms with van der Waals surface area (Å²) in [6, 6.07) is 8.81. The molecule has 3 aliphatic rings. The van der Waals surface area contributed by atoms with E-state index in [1.165, 1.54) is 0 Å². The van der Waals surface area contributed by atoms with E-state index in [9.17, 15) is 27.6 Å². The van der Waals surface area contributed by atoms with E-state index in [1.54, 1.807) is 24.3 Å². The van der Waals surface area contributed by atoms with Crippen LogP contribution in [0.25, 0.3) is 0 Å². The number of benzene rings is 2. The minimum Gasteiger partial charge on any atom is -0.324 e. The maximum absolute atomic E-state index is 13.7. The van der Waals surface area contributed by atoms with E-state index in [0.29, 0.717) is 17.3 Å². The van der Waals surface area contributed by atoms with E-state index in [0.717, 1.165) is 17.0 Å². The number of hydrogen-bond donors (Lipinski definition) is 2. The maximum atomic E-state index is 13.7. The third-order valence-electron chi connectivity index (χ3n) is 6.79. The van der Waals surface area contributed by atoms with Gasteiger partial charge in [0, 0.05) is 17.3 Å². The Balaban J connectivity index is 1.69. The number of hydrogen-bond acceptors (Lipinski definition) is 4. The van der Waals surface area contributed by atoms with Gasteiger partial charge < -0.3 is 5.32 Å². The minimum absolute atomic E-state index is 0.147. The largest absolute Gasteiger partial charge is 0.416 e. The first-order valence-electron chi connectivity index (χ1n) is 10.4. The number of nitrogens with one attached hydrogen (secondary N) is 2. The number of nitrogens with zero attached hydrogens (tertiary/aromatic N) is 1. The van der Waals surface area contributed by atoms with Crippen molar-refractivity contribution in [1.82, 2.24) is 5.32 Å². The highest BCUT2D eigenvalue weighted by atomic mass is 35.5. The average molecular weight is 478 g/mol. The molecular formula is C23H19ClF3N3O3. The fourth-order valence-electron chi connectivity index (χ4n) is 5.36. The van der Waals surface area contributed by atoms with E-state index >= 15 is 0 Å². The lowest BCUT2D eigenvalue weighted by molar-refractivity contribution is -0.137. The SMILES string of the molecule is CC(C)[C@@H]1N[C@]2(C(=O)Nc3ccccc32)[C@@H]2C(=O)N(c3cc(C(F)(F)F)ccc3Cl)C(=O)[C@@H]21. The van der Waals surface area contributed by atoms with Crippen LogP contribution in [0.3, 0.4) is 0 Å². The number of fused-ring (bicyclic) bond motifs is 4. The zero-order valence-electron chi connectivity index (χ0n) is 17.5. The molecule has 0 saturated carbocycles. The topological polar surface area (TPSA) is 78.5 Å². The molecule has 1 spiro atoms. The second kappa shape index (κ2) is 7.04. The van der Waals surface area contributed by atoms with Crippen LogP contribution in [0.5, 0.6) is 0 Å². The highest BCUT2D eigenvalue weighted by molar-refractivity contribution is 6.36. The molecule has 6 nitrogen and oxygen atoms in total. The Kier molecular flexibility index (Phi) is 4.68. The summed E-state index contributed by atoms with van der Waals surface area (Å²) in [6.07, 6.45) is -4.69. The van der Waals surface area contributed by atoms with Gasteiger partial charge in [-0.3, -0.25) is 19.7 Å². The third kappa shape index (κ3) is 2.88. The van der Waals surface area contributed by atoms with Crippen molar-refractivity contribution >= 4 is 40.7 Å². The lowest BCUT2D eigenvalue weighted by Gasteiger charge is -2.30. The van der Waals surface area contributed by atoms with E-state index in [1.807, 2.05) is 13.8 Å². The van der Waals surface area contributed by atoms with Crippen LogP contribution in [0.15, 0.2) is 42.5 Å². The molecule has 172 valence electrons. The van der Waals surface area contributed by atoms with Crippen LogP contribution in [0, 0.1) is 17.8 Å². The van der Waals surface area contributed by atoms with Crippen LogP contribution in [0.1, 0.15) is 25.0 Å². The van der Waals surface area contributed by atoms with Crippen molar-refractivity contribution in [2.45, 2.75) is 31.6 Å². The summed E-state index contributed by atoms with van der Waals surface area (Å²) >= 11 is 6.17. The van der Waals surface area contributed by atoms with Crippen molar-refractivity contribution in [1.29, 1.82) is 0 Å². The van der Waals surface area contributed by atoms with Crippen LogP contribution in [0.2, 0.25) is 5.02 Å². The Morgan fingerprint density at radius 2 is 1.76 bits per heavy atom. The average Bonchev–Trinajstić information content (AvgIpc) is 3.33. The number of rotatable bonds is 2. The molecule has 2 aromatic carbocycles. The first kappa shape index (κ1) is 21.9. The summed E-state index contributed by atoms with van der Waals surface area (Å²) in [5, 5.41) is 5.87. The van der Waals surface area contributed by atoms with Gasteiger partial charge in [-0.1, -0.05) is 43.6 Å². The van der Waals surface area contributed by atoms with Gasteiger partial charge in [-0.25, -0.2) is 4.90 Å². The molecule has 2 saturated heterocycles. The molecule has 0 aliphatic carbocycles. The van der Waals surface area contributed by atoms with E-state index in [4.69, 9.17) is 11.6 Å².